The first kappa shape index (κ1) is 22.8. The molecule has 1 aromatic heterocycles. The Labute approximate surface area is 205 Å². The highest BCUT2D eigenvalue weighted by Gasteiger charge is 2.24. The Morgan fingerprint density at radius 2 is 1.71 bits per heavy atom. The van der Waals surface area contributed by atoms with Gasteiger partial charge in [-0.2, -0.15) is 0 Å². The van der Waals surface area contributed by atoms with Crippen molar-refractivity contribution >= 4 is 22.8 Å². The van der Waals surface area contributed by atoms with E-state index < -0.39 is 0 Å². The Kier molecular flexibility index (Phi) is 5.89. The molecule has 178 valence electrons. The fraction of sp³-hybridized carbons (Fsp3) is 0.276. The van der Waals surface area contributed by atoms with Gasteiger partial charge in [0.05, 0.1) is 5.52 Å². The van der Waals surface area contributed by atoms with Gasteiger partial charge in [-0.3, -0.25) is 4.79 Å². The topological polar surface area (TPSA) is 87.1 Å². The number of nitrogens with zero attached hydrogens (tertiary/aromatic N) is 2. The molecule has 0 radical (unpaired) electrons. The zero-order chi connectivity index (χ0) is 24.7. The average molecular weight is 467 g/mol. The van der Waals surface area contributed by atoms with E-state index in [1.807, 2.05) is 37.4 Å². The average Bonchev–Trinajstić information content (AvgIpc) is 3.62. The number of anilines is 1. The molecule has 1 saturated carbocycles. The van der Waals surface area contributed by atoms with Gasteiger partial charge in [0.2, 0.25) is 5.95 Å². The second-order valence-corrected chi connectivity index (χ2v) is 9.73. The van der Waals surface area contributed by atoms with Crippen molar-refractivity contribution in [2.45, 2.75) is 52.6 Å². The van der Waals surface area contributed by atoms with Gasteiger partial charge in [-0.15, -0.1) is 0 Å². The molecule has 1 aliphatic rings. The summed E-state index contributed by atoms with van der Waals surface area (Å²) in [5.41, 5.74) is 7.49. The number of aromatic nitrogens is 2. The van der Waals surface area contributed by atoms with E-state index in [0.29, 0.717) is 17.6 Å². The molecule has 6 heteroatoms. The minimum absolute atomic E-state index is 0.0374. The first-order valence-corrected chi connectivity index (χ1v) is 12.1. The van der Waals surface area contributed by atoms with Crippen LogP contribution in [-0.4, -0.2) is 33.1 Å². The number of aryl methyl sites for hydroxylation is 2. The molecule has 3 N–H and O–H groups in total. The van der Waals surface area contributed by atoms with Crippen molar-refractivity contribution in [3.63, 3.8) is 0 Å². The maximum absolute atomic E-state index is 12.8. The number of fused-ring (bicyclic) bond motifs is 1. The van der Waals surface area contributed by atoms with E-state index in [9.17, 15) is 9.90 Å². The van der Waals surface area contributed by atoms with E-state index in [2.05, 4.69) is 48.5 Å². The van der Waals surface area contributed by atoms with E-state index in [4.69, 9.17) is 4.98 Å². The molecule has 6 nitrogen and oxygen atoms in total. The highest BCUT2D eigenvalue weighted by Crippen LogP contribution is 2.39. The van der Waals surface area contributed by atoms with Crippen molar-refractivity contribution < 1.29 is 9.90 Å². The molecule has 0 aliphatic heterocycles. The lowest BCUT2D eigenvalue weighted by molar-refractivity contribution is 0.0951. The third kappa shape index (κ3) is 4.83. The molecule has 1 fully saturated rings. The molecule has 0 spiro atoms. The smallest absolute Gasteiger partial charge is 0.251 e. The van der Waals surface area contributed by atoms with Crippen molar-refractivity contribution in [2.24, 2.45) is 0 Å². The molecule has 1 heterocycles. The van der Waals surface area contributed by atoms with Crippen molar-refractivity contribution in [1.82, 2.24) is 15.3 Å². The monoisotopic (exact) mass is 466 g/mol. The van der Waals surface area contributed by atoms with Crippen LogP contribution < -0.4 is 10.6 Å². The summed E-state index contributed by atoms with van der Waals surface area (Å²) in [5.74, 6) is 0.780. The molecule has 1 amide bonds. The van der Waals surface area contributed by atoms with Gasteiger partial charge in [-0.1, -0.05) is 12.1 Å². The van der Waals surface area contributed by atoms with E-state index in [1.165, 1.54) is 0 Å². The van der Waals surface area contributed by atoms with E-state index in [-0.39, 0.29) is 17.7 Å². The number of aromatic hydroxyl groups is 1. The van der Waals surface area contributed by atoms with Crippen molar-refractivity contribution in [1.29, 1.82) is 0 Å². The maximum Gasteiger partial charge on any atom is 0.251 e. The summed E-state index contributed by atoms with van der Waals surface area (Å²) in [7, 11) is 0. The summed E-state index contributed by atoms with van der Waals surface area (Å²) in [4.78, 5) is 22.1. The molecule has 3 aromatic carbocycles. The Balaban J connectivity index is 1.71. The second kappa shape index (κ2) is 9.02. The van der Waals surface area contributed by atoms with Gasteiger partial charge in [0, 0.05) is 29.2 Å². The molecule has 35 heavy (non-hydrogen) atoms. The number of phenolic OH excluding ortho intramolecular Hbond substituents is 1. The van der Waals surface area contributed by atoms with Crippen LogP contribution in [0.2, 0.25) is 0 Å². The Morgan fingerprint density at radius 3 is 2.43 bits per heavy atom. The standard InChI is InChI=1S/C29H30N4O2/c1-16(2)31-29-30-15-20-13-25(24-12-19(6-5-17(24)3)28(35)32-21-7-8-21)26(14-27(20)33-29)23-10-9-22(34)11-18(23)4/h5-6,9-16,21,34H,7-8H2,1-4H3,(H,32,35)(H,30,31,33). The Morgan fingerprint density at radius 1 is 0.943 bits per heavy atom. The number of hydrogen-bond acceptors (Lipinski definition) is 5. The molecule has 5 rings (SSSR count). The van der Waals surface area contributed by atoms with Crippen LogP contribution in [0.4, 0.5) is 5.95 Å². The van der Waals surface area contributed by atoms with Crippen LogP contribution >= 0.6 is 0 Å². The van der Waals surface area contributed by atoms with Gasteiger partial charge >= 0.3 is 0 Å². The third-order valence-electron chi connectivity index (χ3n) is 6.34. The largest absolute Gasteiger partial charge is 0.508 e. The number of amides is 1. The SMILES string of the molecule is Cc1cc(O)ccc1-c1cc2nc(NC(C)C)ncc2cc1-c1cc(C(=O)NC2CC2)ccc1C. The molecular formula is C29H30N4O2. The van der Waals surface area contributed by atoms with Gasteiger partial charge in [0.25, 0.3) is 5.91 Å². The van der Waals surface area contributed by atoms with Crippen LogP contribution in [0, 0.1) is 13.8 Å². The molecule has 1 aliphatic carbocycles. The highest BCUT2D eigenvalue weighted by atomic mass is 16.3. The van der Waals surface area contributed by atoms with E-state index in [1.54, 1.807) is 12.1 Å². The Hall–Kier alpha value is -3.93. The molecule has 0 saturated heterocycles. The van der Waals surface area contributed by atoms with Gasteiger partial charge in [-0.05, 0) is 110 Å². The zero-order valence-corrected chi connectivity index (χ0v) is 20.5. The third-order valence-corrected chi connectivity index (χ3v) is 6.34. The fourth-order valence-electron chi connectivity index (χ4n) is 4.35. The predicted octanol–water partition coefficient (Wildman–Crippen LogP) is 6.00. The normalized spacial score (nSPS) is 13.3. The summed E-state index contributed by atoms with van der Waals surface area (Å²) in [5, 5.41) is 17.3. The van der Waals surface area contributed by atoms with Crippen LogP contribution in [0.1, 0.15) is 48.2 Å². The summed E-state index contributed by atoms with van der Waals surface area (Å²) in [6.45, 7) is 8.15. The summed E-state index contributed by atoms with van der Waals surface area (Å²) in [6, 6.07) is 16.0. The molecule has 0 atom stereocenters. The second-order valence-electron chi connectivity index (χ2n) is 9.73. The lowest BCUT2D eigenvalue weighted by Crippen LogP contribution is -2.25. The zero-order valence-electron chi connectivity index (χ0n) is 20.5. The Bertz CT molecular complexity index is 1440. The summed E-state index contributed by atoms with van der Waals surface area (Å²) < 4.78 is 0. The first-order valence-electron chi connectivity index (χ1n) is 12.1. The summed E-state index contributed by atoms with van der Waals surface area (Å²) in [6.07, 6.45) is 3.93. The fourth-order valence-corrected chi connectivity index (χ4v) is 4.35. The van der Waals surface area contributed by atoms with Crippen molar-refractivity contribution in [3.8, 4) is 28.0 Å². The quantitative estimate of drug-likeness (QED) is 0.324. The molecule has 4 aromatic rings. The van der Waals surface area contributed by atoms with Crippen molar-refractivity contribution in [3.05, 3.63) is 71.4 Å². The molecule has 0 unspecified atom stereocenters. The van der Waals surface area contributed by atoms with Gasteiger partial charge in [0.15, 0.2) is 0 Å². The number of carbonyl (C=O) groups is 1. The number of nitrogens with one attached hydrogen (secondary N) is 2. The maximum atomic E-state index is 12.8. The predicted molar refractivity (Wildman–Crippen MR) is 141 cm³/mol. The number of carbonyl (C=O) groups excluding carboxylic acids is 1. The van der Waals surface area contributed by atoms with Crippen LogP contribution in [-0.2, 0) is 0 Å². The van der Waals surface area contributed by atoms with E-state index in [0.717, 1.165) is 57.1 Å². The number of hydrogen-bond donors (Lipinski definition) is 3. The lowest BCUT2D eigenvalue weighted by Gasteiger charge is -2.17. The first-order chi connectivity index (χ1) is 16.8. The van der Waals surface area contributed by atoms with Crippen LogP contribution in [0.3, 0.4) is 0 Å². The summed E-state index contributed by atoms with van der Waals surface area (Å²) >= 11 is 0. The minimum Gasteiger partial charge on any atom is -0.508 e. The van der Waals surface area contributed by atoms with Gasteiger partial charge in [0.1, 0.15) is 5.75 Å². The number of rotatable bonds is 6. The molecular weight excluding hydrogens is 436 g/mol. The van der Waals surface area contributed by atoms with Gasteiger partial charge < -0.3 is 15.7 Å². The number of benzene rings is 3. The minimum atomic E-state index is -0.0374. The van der Waals surface area contributed by atoms with E-state index >= 15 is 0 Å². The van der Waals surface area contributed by atoms with Crippen molar-refractivity contribution in [2.75, 3.05) is 5.32 Å². The van der Waals surface area contributed by atoms with Crippen LogP contribution in [0.5, 0.6) is 5.75 Å². The van der Waals surface area contributed by atoms with Crippen LogP contribution in [0.25, 0.3) is 33.2 Å². The van der Waals surface area contributed by atoms with Crippen LogP contribution in [0.15, 0.2) is 54.7 Å². The van der Waals surface area contributed by atoms with Gasteiger partial charge in [-0.25, -0.2) is 9.97 Å². The molecule has 0 bridgehead atoms. The highest BCUT2D eigenvalue weighted by molar-refractivity contribution is 5.99. The lowest BCUT2D eigenvalue weighted by atomic mass is 9.88. The number of phenols is 1.